The van der Waals surface area contributed by atoms with Gasteiger partial charge in [-0.25, -0.2) is 0 Å². The van der Waals surface area contributed by atoms with Crippen LogP contribution in [0.25, 0.3) is 11.1 Å². The van der Waals surface area contributed by atoms with Crippen LogP contribution in [0.5, 0.6) is 0 Å². The number of anilines is 3. The summed E-state index contributed by atoms with van der Waals surface area (Å²) in [5.41, 5.74) is 11.3. The van der Waals surface area contributed by atoms with E-state index in [1.807, 2.05) is 0 Å². The lowest BCUT2D eigenvalue weighted by atomic mass is 9.98. The van der Waals surface area contributed by atoms with Crippen LogP contribution in [-0.4, -0.2) is 0 Å². The fraction of sp³-hybridized carbons (Fsp3) is 0.143. The summed E-state index contributed by atoms with van der Waals surface area (Å²) in [5, 5.41) is 0. The van der Waals surface area contributed by atoms with Gasteiger partial charge in [0.05, 0.1) is 0 Å². The summed E-state index contributed by atoms with van der Waals surface area (Å²) in [6.45, 7) is 8.67. The Balaban J connectivity index is 1.83. The maximum absolute atomic E-state index is 2.36. The van der Waals surface area contributed by atoms with Gasteiger partial charge >= 0.3 is 0 Å². The van der Waals surface area contributed by atoms with Crippen LogP contribution in [-0.2, 0) is 0 Å². The molecule has 4 aromatic carbocycles. The molecule has 0 bridgehead atoms. The van der Waals surface area contributed by atoms with Crippen LogP contribution in [0, 0.1) is 27.7 Å². The van der Waals surface area contributed by atoms with Crippen LogP contribution >= 0.6 is 0 Å². The van der Waals surface area contributed by atoms with Crippen molar-refractivity contribution in [3.63, 3.8) is 0 Å². The van der Waals surface area contributed by atoms with E-state index in [1.165, 1.54) is 50.4 Å². The Morgan fingerprint density at radius 1 is 0.517 bits per heavy atom. The molecule has 1 heteroatoms. The average molecular weight is 378 g/mol. The zero-order valence-corrected chi connectivity index (χ0v) is 17.6. The van der Waals surface area contributed by atoms with Crippen LogP contribution in [0.4, 0.5) is 17.1 Å². The maximum atomic E-state index is 2.36. The lowest BCUT2D eigenvalue weighted by Gasteiger charge is -2.28. The summed E-state index contributed by atoms with van der Waals surface area (Å²) in [6.07, 6.45) is 0. The lowest BCUT2D eigenvalue weighted by molar-refractivity contribution is 1.23. The van der Waals surface area contributed by atoms with Crippen molar-refractivity contribution in [1.82, 2.24) is 0 Å². The highest BCUT2D eigenvalue weighted by Crippen LogP contribution is 2.38. The van der Waals surface area contributed by atoms with Crippen molar-refractivity contribution in [3.05, 3.63) is 113 Å². The number of benzene rings is 4. The first kappa shape index (κ1) is 19.0. The summed E-state index contributed by atoms with van der Waals surface area (Å²) < 4.78 is 0. The molecule has 0 spiro atoms. The van der Waals surface area contributed by atoms with E-state index in [1.54, 1.807) is 0 Å². The third kappa shape index (κ3) is 3.82. The molecule has 4 rings (SSSR count). The molecule has 144 valence electrons. The monoisotopic (exact) mass is 377 g/mol. The second-order valence-electron chi connectivity index (χ2n) is 7.77. The predicted molar refractivity (Wildman–Crippen MR) is 126 cm³/mol. The van der Waals surface area contributed by atoms with Gasteiger partial charge in [0.2, 0.25) is 0 Å². The Bertz CT molecular complexity index is 1090. The fourth-order valence-electron chi connectivity index (χ4n) is 3.87. The molecule has 0 aliphatic heterocycles. The zero-order valence-electron chi connectivity index (χ0n) is 17.6. The number of hydrogen-bond donors (Lipinski definition) is 0. The van der Waals surface area contributed by atoms with Crippen molar-refractivity contribution >= 4 is 17.1 Å². The molecule has 0 saturated heterocycles. The van der Waals surface area contributed by atoms with Gasteiger partial charge in [-0.2, -0.15) is 0 Å². The highest BCUT2D eigenvalue weighted by Gasteiger charge is 2.16. The van der Waals surface area contributed by atoms with E-state index in [0.29, 0.717) is 0 Å². The van der Waals surface area contributed by atoms with Gasteiger partial charge in [0.1, 0.15) is 0 Å². The molecule has 0 heterocycles. The summed E-state index contributed by atoms with van der Waals surface area (Å²) in [7, 11) is 0. The van der Waals surface area contributed by atoms with Crippen molar-refractivity contribution in [2.75, 3.05) is 4.90 Å². The van der Waals surface area contributed by atoms with Crippen LogP contribution in [0.2, 0.25) is 0 Å². The van der Waals surface area contributed by atoms with Gasteiger partial charge in [-0.1, -0.05) is 72.3 Å². The minimum Gasteiger partial charge on any atom is -0.310 e. The zero-order chi connectivity index (χ0) is 20.4. The van der Waals surface area contributed by atoms with E-state index in [2.05, 4.69) is 124 Å². The van der Waals surface area contributed by atoms with Gasteiger partial charge < -0.3 is 4.90 Å². The summed E-state index contributed by atoms with van der Waals surface area (Å²) in [6, 6.07) is 32.7. The Kier molecular flexibility index (Phi) is 5.22. The van der Waals surface area contributed by atoms with Gasteiger partial charge in [0, 0.05) is 17.1 Å². The van der Waals surface area contributed by atoms with Crippen LogP contribution in [0.15, 0.2) is 91.0 Å². The van der Waals surface area contributed by atoms with Crippen molar-refractivity contribution < 1.29 is 0 Å². The molecule has 0 N–H and O–H groups in total. The minimum atomic E-state index is 1.17. The van der Waals surface area contributed by atoms with Gasteiger partial charge in [0.15, 0.2) is 0 Å². The molecule has 4 aromatic rings. The van der Waals surface area contributed by atoms with Gasteiger partial charge in [-0.05, 0) is 79.8 Å². The number of rotatable bonds is 4. The summed E-state index contributed by atoms with van der Waals surface area (Å²) in [5.74, 6) is 0. The molecule has 0 saturated carbocycles. The number of aryl methyl sites for hydroxylation is 4. The fourth-order valence-corrected chi connectivity index (χ4v) is 3.87. The molecule has 29 heavy (non-hydrogen) atoms. The van der Waals surface area contributed by atoms with Crippen LogP contribution in [0.3, 0.4) is 0 Å². The molecule has 0 unspecified atom stereocenters. The number of para-hydroxylation sites is 2. The first-order chi connectivity index (χ1) is 14.0. The van der Waals surface area contributed by atoms with E-state index < -0.39 is 0 Å². The van der Waals surface area contributed by atoms with Gasteiger partial charge in [-0.15, -0.1) is 0 Å². The Morgan fingerprint density at radius 2 is 1.07 bits per heavy atom. The molecule has 0 radical (unpaired) electrons. The largest absolute Gasteiger partial charge is 0.310 e. The van der Waals surface area contributed by atoms with Crippen molar-refractivity contribution in [2.45, 2.75) is 27.7 Å². The van der Waals surface area contributed by atoms with E-state index in [9.17, 15) is 0 Å². The van der Waals surface area contributed by atoms with E-state index in [-0.39, 0.29) is 0 Å². The second-order valence-corrected chi connectivity index (χ2v) is 7.77. The minimum absolute atomic E-state index is 1.17. The SMILES string of the molecule is Cc1ccc(C)c(-c2ccc(N(c3ccccc3C)c3ccccc3C)cc2)c1. The Morgan fingerprint density at radius 3 is 1.62 bits per heavy atom. The predicted octanol–water partition coefficient (Wildman–Crippen LogP) is 8.06. The van der Waals surface area contributed by atoms with Gasteiger partial charge in [-0.3, -0.25) is 0 Å². The number of nitrogens with zero attached hydrogens (tertiary/aromatic N) is 1. The average Bonchev–Trinajstić information content (AvgIpc) is 2.73. The van der Waals surface area contributed by atoms with Crippen molar-refractivity contribution in [2.24, 2.45) is 0 Å². The topological polar surface area (TPSA) is 3.24 Å². The molecule has 0 aliphatic carbocycles. The highest BCUT2D eigenvalue weighted by atomic mass is 15.1. The molecular formula is C28H27N. The van der Waals surface area contributed by atoms with E-state index in [4.69, 9.17) is 0 Å². The third-order valence-corrected chi connectivity index (χ3v) is 5.54. The molecule has 0 aromatic heterocycles. The molecule has 0 atom stereocenters. The Hall–Kier alpha value is -3.32. The smallest absolute Gasteiger partial charge is 0.0490 e. The summed E-state index contributed by atoms with van der Waals surface area (Å²) in [4.78, 5) is 2.36. The quantitative estimate of drug-likeness (QED) is 0.347. The van der Waals surface area contributed by atoms with E-state index >= 15 is 0 Å². The Labute approximate surface area is 174 Å². The lowest BCUT2D eigenvalue weighted by Crippen LogP contribution is -2.12. The molecule has 0 amide bonds. The van der Waals surface area contributed by atoms with Crippen molar-refractivity contribution in [1.29, 1.82) is 0 Å². The first-order valence-electron chi connectivity index (χ1n) is 10.1. The van der Waals surface area contributed by atoms with Crippen LogP contribution in [0.1, 0.15) is 22.3 Å². The molecule has 1 nitrogen and oxygen atoms in total. The molecule has 0 fully saturated rings. The van der Waals surface area contributed by atoms with E-state index in [0.717, 1.165) is 0 Å². The number of hydrogen-bond acceptors (Lipinski definition) is 1. The second kappa shape index (κ2) is 7.97. The maximum Gasteiger partial charge on any atom is 0.0490 e. The van der Waals surface area contributed by atoms with Gasteiger partial charge in [0.25, 0.3) is 0 Å². The first-order valence-corrected chi connectivity index (χ1v) is 10.1. The normalized spacial score (nSPS) is 10.8. The molecule has 0 aliphatic rings. The standard InChI is InChI=1S/C28H27N/c1-20-13-14-21(2)26(19-20)24-15-17-25(18-16-24)29(27-11-7-5-9-22(27)3)28-12-8-6-10-23(28)4/h5-19H,1-4H3. The molecular weight excluding hydrogens is 350 g/mol. The highest BCUT2D eigenvalue weighted by molar-refractivity contribution is 5.81. The van der Waals surface area contributed by atoms with Crippen molar-refractivity contribution in [3.8, 4) is 11.1 Å². The summed E-state index contributed by atoms with van der Waals surface area (Å²) >= 11 is 0. The third-order valence-electron chi connectivity index (χ3n) is 5.54. The van der Waals surface area contributed by atoms with Crippen LogP contribution < -0.4 is 4.90 Å².